The maximum Gasteiger partial charge on any atom is 0.173 e. The first-order chi connectivity index (χ1) is 10.7. The maximum absolute atomic E-state index is 4.74. The highest BCUT2D eigenvalue weighted by molar-refractivity contribution is 7.18. The van der Waals surface area contributed by atoms with Crippen molar-refractivity contribution >= 4 is 27.2 Å². The Bertz CT molecular complexity index is 977. The van der Waals surface area contributed by atoms with E-state index in [4.69, 9.17) is 4.98 Å². The lowest BCUT2D eigenvalue weighted by atomic mass is 10.1. The summed E-state index contributed by atoms with van der Waals surface area (Å²) in [6, 6.07) is 1.98. The van der Waals surface area contributed by atoms with E-state index in [1.165, 1.54) is 10.4 Å². The van der Waals surface area contributed by atoms with E-state index >= 15 is 0 Å². The molecule has 6 nitrogen and oxygen atoms in total. The zero-order valence-electron chi connectivity index (χ0n) is 12.7. The van der Waals surface area contributed by atoms with E-state index in [-0.39, 0.29) is 0 Å². The largest absolute Gasteiger partial charge is 0.262 e. The molecule has 4 aromatic heterocycles. The fourth-order valence-electron chi connectivity index (χ4n) is 2.80. The quantitative estimate of drug-likeness (QED) is 0.583. The number of rotatable bonds is 3. The van der Waals surface area contributed by atoms with Crippen molar-refractivity contribution in [2.75, 3.05) is 0 Å². The first-order valence-electron chi connectivity index (χ1n) is 7.28. The molecular formula is C15H16N6S. The molecule has 0 spiro atoms. The van der Waals surface area contributed by atoms with Crippen molar-refractivity contribution < 1.29 is 0 Å². The number of aromatic nitrogens is 6. The second kappa shape index (κ2) is 4.88. The number of thiophene rings is 1. The highest BCUT2D eigenvalue weighted by Crippen LogP contribution is 2.31. The fourth-order valence-corrected chi connectivity index (χ4v) is 3.88. The van der Waals surface area contributed by atoms with Gasteiger partial charge in [0.05, 0.1) is 5.39 Å². The molecule has 0 aliphatic carbocycles. The Labute approximate surface area is 131 Å². The van der Waals surface area contributed by atoms with Gasteiger partial charge in [0.15, 0.2) is 11.5 Å². The Balaban J connectivity index is 1.90. The van der Waals surface area contributed by atoms with Crippen LogP contribution in [-0.4, -0.2) is 29.4 Å². The molecule has 4 heterocycles. The van der Waals surface area contributed by atoms with Crippen molar-refractivity contribution in [2.45, 2.75) is 33.7 Å². The molecule has 0 bridgehead atoms. The van der Waals surface area contributed by atoms with Crippen LogP contribution in [-0.2, 0) is 13.0 Å². The summed E-state index contributed by atoms with van der Waals surface area (Å²) >= 11 is 1.73. The zero-order valence-corrected chi connectivity index (χ0v) is 13.6. The van der Waals surface area contributed by atoms with Gasteiger partial charge in [0, 0.05) is 16.8 Å². The molecular weight excluding hydrogens is 296 g/mol. The molecule has 22 heavy (non-hydrogen) atoms. The van der Waals surface area contributed by atoms with Crippen LogP contribution in [0, 0.1) is 13.8 Å². The molecule has 0 N–H and O–H groups in total. The third kappa shape index (κ3) is 1.93. The van der Waals surface area contributed by atoms with Gasteiger partial charge in [-0.1, -0.05) is 6.92 Å². The molecule has 7 heteroatoms. The van der Waals surface area contributed by atoms with Crippen LogP contribution in [0.25, 0.3) is 15.9 Å². The van der Waals surface area contributed by atoms with E-state index in [1.807, 2.05) is 17.7 Å². The minimum Gasteiger partial charge on any atom is -0.262 e. The normalized spacial score (nSPS) is 11.8. The topological polar surface area (TPSA) is 60.9 Å². The molecule has 112 valence electrons. The third-order valence-electron chi connectivity index (χ3n) is 3.95. The van der Waals surface area contributed by atoms with Gasteiger partial charge in [0.25, 0.3) is 0 Å². The van der Waals surface area contributed by atoms with Gasteiger partial charge in [-0.15, -0.1) is 16.4 Å². The third-order valence-corrected chi connectivity index (χ3v) is 5.00. The van der Waals surface area contributed by atoms with Crippen LogP contribution in [0.15, 0.2) is 18.6 Å². The van der Waals surface area contributed by atoms with E-state index < -0.39 is 0 Å². The van der Waals surface area contributed by atoms with Gasteiger partial charge in [-0.05, 0) is 31.9 Å². The monoisotopic (exact) mass is 312 g/mol. The second-order valence-electron chi connectivity index (χ2n) is 5.34. The standard InChI is InChI=1S/C15H16N6S/c1-4-11-10(3)22-15-13(11)14-18-12(19-21(14)8-16-15)7-20-9(2)5-6-17-20/h5-6,8H,4,7H2,1-3H3. The van der Waals surface area contributed by atoms with Crippen molar-refractivity contribution in [1.82, 2.24) is 29.4 Å². The van der Waals surface area contributed by atoms with Crippen LogP contribution >= 0.6 is 11.3 Å². The van der Waals surface area contributed by atoms with Gasteiger partial charge in [0.1, 0.15) is 17.7 Å². The lowest BCUT2D eigenvalue weighted by Crippen LogP contribution is -2.05. The number of fused-ring (bicyclic) bond motifs is 3. The molecule has 0 saturated carbocycles. The van der Waals surface area contributed by atoms with Crippen LogP contribution in [0.1, 0.15) is 28.9 Å². The molecule has 0 radical (unpaired) electrons. The molecule has 0 saturated heterocycles. The number of aryl methyl sites for hydroxylation is 3. The molecule has 4 aromatic rings. The van der Waals surface area contributed by atoms with Crippen molar-refractivity contribution in [2.24, 2.45) is 0 Å². The van der Waals surface area contributed by atoms with E-state index in [2.05, 4.69) is 29.0 Å². The minimum absolute atomic E-state index is 0.576. The predicted octanol–water partition coefficient (Wildman–Crippen LogP) is 2.76. The van der Waals surface area contributed by atoms with Crippen molar-refractivity contribution in [3.05, 3.63) is 40.5 Å². The van der Waals surface area contributed by atoms with Crippen LogP contribution in [0.4, 0.5) is 0 Å². The van der Waals surface area contributed by atoms with Gasteiger partial charge in [-0.2, -0.15) is 5.10 Å². The first kappa shape index (κ1) is 13.4. The van der Waals surface area contributed by atoms with Gasteiger partial charge in [-0.3, -0.25) is 4.68 Å². The fraction of sp³-hybridized carbons (Fsp3) is 0.333. The van der Waals surface area contributed by atoms with Gasteiger partial charge < -0.3 is 0 Å². The number of nitrogens with zero attached hydrogens (tertiary/aromatic N) is 6. The Morgan fingerprint density at radius 1 is 1.27 bits per heavy atom. The van der Waals surface area contributed by atoms with E-state index in [9.17, 15) is 0 Å². The lowest BCUT2D eigenvalue weighted by Gasteiger charge is -1.98. The average molecular weight is 312 g/mol. The SMILES string of the molecule is CCc1c(C)sc2ncn3nc(Cn4nccc4C)nc3c12. The van der Waals surface area contributed by atoms with Gasteiger partial charge >= 0.3 is 0 Å². The molecule has 0 amide bonds. The first-order valence-corrected chi connectivity index (χ1v) is 8.09. The summed E-state index contributed by atoms with van der Waals surface area (Å²) in [5, 5.41) is 9.99. The molecule has 0 unspecified atom stereocenters. The summed E-state index contributed by atoms with van der Waals surface area (Å²) in [6.07, 6.45) is 4.52. The van der Waals surface area contributed by atoms with Crippen LogP contribution in [0.2, 0.25) is 0 Å². The molecule has 4 rings (SSSR count). The summed E-state index contributed by atoms with van der Waals surface area (Å²) in [7, 11) is 0. The highest BCUT2D eigenvalue weighted by atomic mass is 32.1. The number of hydrogen-bond donors (Lipinski definition) is 0. The maximum atomic E-state index is 4.74. The summed E-state index contributed by atoms with van der Waals surface area (Å²) in [5.41, 5.74) is 3.32. The Morgan fingerprint density at radius 2 is 2.14 bits per heavy atom. The summed E-state index contributed by atoms with van der Waals surface area (Å²) in [6.45, 7) is 6.92. The van der Waals surface area contributed by atoms with Crippen LogP contribution < -0.4 is 0 Å². The van der Waals surface area contributed by atoms with E-state index in [0.29, 0.717) is 6.54 Å². The second-order valence-corrected chi connectivity index (χ2v) is 6.54. The smallest absolute Gasteiger partial charge is 0.173 e. The van der Waals surface area contributed by atoms with Gasteiger partial charge in [-0.25, -0.2) is 14.5 Å². The van der Waals surface area contributed by atoms with Crippen molar-refractivity contribution in [3.8, 4) is 0 Å². The summed E-state index contributed by atoms with van der Waals surface area (Å²) in [4.78, 5) is 11.6. The molecule has 0 fully saturated rings. The van der Waals surface area contributed by atoms with Crippen molar-refractivity contribution in [1.29, 1.82) is 0 Å². The van der Waals surface area contributed by atoms with Crippen LogP contribution in [0.3, 0.4) is 0 Å². The molecule has 0 aliphatic heterocycles. The molecule has 0 aliphatic rings. The van der Waals surface area contributed by atoms with E-state index in [0.717, 1.165) is 33.8 Å². The Kier molecular flexibility index (Phi) is 2.97. The Morgan fingerprint density at radius 3 is 2.86 bits per heavy atom. The Hall–Kier alpha value is -2.28. The average Bonchev–Trinajstić information content (AvgIpc) is 3.16. The number of hydrogen-bond acceptors (Lipinski definition) is 5. The van der Waals surface area contributed by atoms with Gasteiger partial charge in [0.2, 0.25) is 0 Å². The summed E-state index contributed by atoms with van der Waals surface area (Å²) in [5.74, 6) is 0.756. The predicted molar refractivity (Wildman–Crippen MR) is 86.3 cm³/mol. The van der Waals surface area contributed by atoms with Crippen molar-refractivity contribution in [3.63, 3.8) is 0 Å². The molecule has 0 atom stereocenters. The van der Waals surface area contributed by atoms with Crippen LogP contribution in [0.5, 0.6) is 0 Å². The molecule has 0 aromatic carbocycles. The summed E-state index contributed by atoms with van der Waals surface area (Å²) < 4.78 is 3.68. The lowest BCUT2D eigenvalue weighted by molar-refractivity contribution is 0.635. The zero-order chi connectivity index (χ0) is 15.3. The minimum atomic E-state index is 0.576. The highest BCUT2D eigenvalue weighted by Gasteiger charge is 2.16. The van der Waals surface area contributed by atoms with E-state index in [1.54, 1.807) is 28.4 Å².